The van der Waals surface area contributed by atoms with Crippen molar-refractivity contribution in [2.45, 2.75) is 38.3 Å². The summed E-state index contributed by atoms with van der Waals surface area (Å²) >= 11 is 3.45. The van der Waals surface area contributed by atoms with Gasteiger partial charge in [0.1, 0.15) is 5.75 Å². The molecule has 0 aromatic heterocycles. The molecule has 2 atom stereocenters. The molecule has 1 saturated carbocycles. The summed E-state index contributed by atoms with van der Waals surface area (Å²) in [6, 6.07) is 5.69. The predicted octanol–water partition coefficient (Wildman–Crippen LogP) is 2.76. The minimum atomic E-state index is -0.766. The fourth-order valence-corrected chi connectivity index (χ4v) is 2.81. The zero-order valence-corrected chi connectivity index (χ0v) is 13.7. The van der Waals surface area contributed by atoms with Crippen LogP contribution in [0.4, 0.5) is 0 Å². The van der Waals surface area contributed by atoms with Crippen LogP contribution < -0.4 is 15.8 Å². The Morgan fingerprint density at radius 3 is 2.70 bits per heavy atom. The van der Waals surface area contributed by atoms with E-state index in [-0.39, 0.29) is 11.9 Å². The molecule has 20 heavy (non-hydrogen) atoms. The summed E-state index contributed by atoms with van der Waals surface area (Å²) in [6.45, 7) is 3.77. The number of hydrogen-bond donors (Lipinski definition) is 2. The van der Waals surface area contributed by atoms with Crippen molar-refractivity contribution in [2.75, 3.05) is 7.11 Å². The highest BCUT2D eigenvalue weighted by Crippen LogP contribution is 2.38. The lowest BCUT2D eigenvalue weighted by Gasteiger charge is -2.26. The molecule has 0 spiro atoms. The van der Waals surface area contributed by atoms with Gasteiger partial charge in [0.25, 0.3) is 0 Å². The molecule has 110 valence electrons. The SMILES string of the molecule is COc1ccc(C(C)NC(=O)C(C)(N)C2CC2)cc1Br. The molecule has 2 unspecified atom stereocenters. The first-order valence-corrected chi connectivity index (χ1v) is 7.59. The van der Waals surface area contributed by atoms with Crippen molar-refractivity contribution in [3.05, 3.63) is 28.2 Å². The van der Waals surface area contributed by atoms with Gasteiger partial charge >= 0.3 is 0 Å². The van der Waals surface area contributed by atoms with Crippen LogP contribution in [0, 0.1) is 5.92 Å². The Morgan fingerprint density at radius 2 is 2.20 bits per heavy atom. The standard InChI is InChI=1S/C15H21BrN2O2/c1-9(10-4-7-13(20-3)12(16)8-10)18-14(19)15(2,17)11-5-6-11/h4,7-9,11H,5-6,17H2,1-3H3,(H,18,19). The molecule has 1 aliphatic rings. The van der Waals surface area contributed by atoms with Gasteiger partial charge in [0, 0.05) is 0 Å². The van der Waals surface area contributed by atoms with Gasteiger partial charge in [-0.2, -0.15) is 0 Å². The van der Waals surface area contributed by atoms with Crippen molar-refractivity contribution in [3.63, 3.8) is 0 Å². The fraction of sp³-hybridized carbons (Fsp3) is 0.533. The minimum Gasteiger partial charge on any atom is -0.496 e. The molecule has 1 aromatic carbocycles. The van der Waals surface area contributed by atoms with Crippen molar-refractivity contribution in [2.24, 2.45) is 11.7 Å². The Morgan fingerprint density at radius 1 is 1.55 bits per heavy atom. The smallest absolute Gasteiger partial charge is 0.240 e. The van der Waals surface area contributed by atoms with Crippen LogP contribution in [-0.4, -0.2) is 18.6 Å². The number of benzene rings is 1. The molecule has 1 aromatic rings. The second-order valence-electron chi connectivity index (χ2n) is 5.65. The van der Waals surface area contributed by atoms with Gasteiger partial charge in [0.05, 0.1) is 23.2 Å². The van der Waals surface area contributed by atoms with Crippen molar-refractivity contribution >= 4 is 21.8 Å². The average molecular weight is 341 g/mol. The van der Waals surface area contributed by atoms with Crippen LogP contribution in [0.25, 0.3) is 0 Å². The third-order valence-electron chi connectivity index (χ3n) is 3.94. The van der Waals surface area contributed by atoms with Gasteiger partial charge in [-0.25, -0.2) is 0 Å². The summed E-state index contributed by atoms with van der Waals surface area (Å²) < 4.78 is 6.07. The van der Waals surface area contributed by atoms with Gasteiger partial charge in [-0.3, -0.25) is 4.79 Å². The number of hydrogen-bond acceptors (Lipinski definition) is 3. The van der Waals surface area contributed by atoms with E-state index in [1.807, 2.05) is 32.0 Å². The molecule has 2 rings (SSSR count). The number of ether oxygens (including phenoxy) is 1. The summed E-state index contributed by atoms with van der Waals surface area (Å²) in [5, 5.41) is 3.00. The molecule has 0 aliphatic heterocycles. The first-order chi connectivity index (χ1) is 9.36. The van der Waals surface area contributed by atoms with Gasteiger partial charge in [-0.1, -0.05) is 6.07 Å². The second kappa shape index (κ2) is 5.74. The van der Waals surface area contributed by atoms with E-state index in [0.29, 0.717) is 5.92 Å². The highest BCUT2D eigenvalue weighted by atomic mass is 79.9. The molecule has 1 fully saturated rings. The lowest BCUT2D eigenvalue weighted by Crippen LogP contribution is -2.53. The van der Waals surface area contributed by atoms with E-state index in [2.05, 4.69) is 21.2 Å². The van der Waals surface area contributed by atoms with E-state index in [1.54, 1.807) is 7.11 Å². The predicted molar refractivity (Wildman–Crippen MR) is 82.6 cm³/mol. The molecule has 0 radical (unpaired) electrons. The minimum absolute atomic E-state index is 0.0839. The van der Waals surface area contributed by atoms with Crippen LogP contribution in [-0.2, 0) is 4.79 Å². The Bertz CT molecular complexity index is 513. The number of carbonyl (C=O) groups excluding carboxylic acids is 1. The van der Waals surface area contributed by atoms with Crippen molar-refractivity contribution in [3.8, 4) is 5.75 Å². The summed E-state index contributed by atoms with van der Waals surface area (Å²) in [5.74, 6) is 1.01. The number of nitrogens with two attached hydrogens (primary N) is 1. The lowest BCUT2D eigenvalue weighted by atomic mass is 9.95. The maximum atomic E-state index is 12.3. The average Bonchev–Trinajstić information content (AvgIpc) is 3.22. The monoisotopic (exact) mass is 340 g/mol. The molecule has 1 amide bonds. The van der Waals surface area contributed by atoms with E-state index in [0.717, 1.165) is 28.6 Å². The number of methoxy groups -OCH3 is 1. The molecule has 0 saturated heterocycles. The summed E-state index contributed by atoms with van der Waals surface area (Å²) in [5.41, 5.74) is 6.37. The Kier molecular flexibility index (Phi) is 4.39. The molecular weight excluding hydrogens is 320 g/mol. The number of carbonyl (C=O) groups is 1. The van der Waals surface area contributed by atoms with Crippen molar-refractivity contribution in [1.29, 1.82) is 0 Å². The van der Waals surface area contributed by atoms with Crippen molar-refractivity contribution < 1.29 is 9.53 Å². The number of halogens is 1. The zero-order valence-electron chi connectivity index (χ0n) is 12.1. The lowest BCUT2D eigenvalue weighted by molar-refractivity contribution is -0.127. The highest BCUT2D eigenvalue weighted by Gasteiger charge is 2.44. The first-order valence-electron chi connectivity index (χ1n) is 6.79. The van der Waals surface area contributed by atoms with Crippen LogP contribution in [0.1, 0.15) is 38.3 Å². The Balaban J connectivity index is 2.06. The quantitative estimate of drug-likeness (QED) is 0.866. The summed E-state index contributed by atoms with van der Waals surface area (Å²) in [6.07, 6.45) is 2.09. The molecule has 1 aliphatic carbocycles. The molecule has 5 heteroatoms. The zero-order chi connectivity index (χ0) is 14.9. The van der Waals surface area contributed by atoms with E-state index in [9.17, 15) is 4.79 Å². The first kappa shape index (κ1) is 15.3. The molecule has 4 nitrogen and oxygen atoms in total. The van der Waals surface area contributed by atoms with Gasteiger partial charge in [-0.15, -0.1) is 0 Å². The molecule has 3 N–H and O–H groups in total. The number of amides is 1. The fourth-order valence-electron chi connectivity index (χ4n) is 2.26. The maximum absolute atomic E-state index is 12.3. The van der Waals surface area contributed by atoms with Gasteiger partial charge in [0.15, 0.2) is 0 Å². The van der Waals surface area contributed by atoms with E-state index in [4.69, 9.17) is 10.5 Å². The Labute approximate surface area is 128 Å². The normalized spacial score (nSPS) is 19.1. The number of nitrogens with one attached hydrogen (secondary N) is 1. The third-order valence-corrected chi connectivity index (χ3v) is 4.56. The summed E-state index contributed by atoms with van der Waals surface area (Å²) in [7, 11) is 1.63. The third kappa shape index (κ3) is 3.15. The van der Waals surface area contributed by atoms with Crippen LogP contribution in [0.5, 0.6) is 5.75 Å². The van der Waals surface area contributed by atoms with Crippen LogP contribution in [0.2, 0.25) is 0 Å². The van der Waals surface area contributed by atoms with Gasteiger partial charge in [0.2, 0.25) is 5.91 Å². The number of rotatable bonds is 5. The van der Waals surface area contributed by atoms with E-state index < -0.39 is 5.54 Å². The van der Waals surface area contributed by atoms with Gasteiger partial charge < -0.3 is 15.8 Å². The van der Waals surface area contributed by atoms with Gasteiger partial charge in [-0.05, 0) is 66.2 Å². The largest absolute Gasteiger partial charge is 0.496 e. The van der Waals surface area contributed by atoms with E-state index in [1.165, 1.54) is 0 Å². The topological polar surface area (TPSA) is 64.3 Å². The molecule has 0 heterocycles. The maximum Gasteiger partial charge on any atom is 0.240 e. The van der Waals surface area contributed by atoms with Crippen LogP contribution in [0.15, 0.2) is 22.7 Å². The van der Waals surface area contributed by atoms with Crippen molar-refractivity contribution in [1.82, 2.24) is 5.32 Å². The van der Waals surface area contributed by atoms with Crippen LogP contribution in [0.3, 0.4) is 0 Å². The Hall–Kier alpha value is -1.07. The second-order valence-corrected chi connectivity index (χ2v) is 6.50. The molecule has 0 bridgehead atoms. The van der Waals surface area contributed by atoms with Crippen LogP contribution >= 0.6 is 15.9 Å². The summed E-state index contributed by atoms with van der Waals surface area (Å²) in [4.78, 5) is 12.3. The highest BCUT2D eigenvalue weighted by molar-refractivity contribution is 9.10. The van der Waals surface area contributed by atoms with E-state index >= 15 is 0 Å². The molecular formula is C15H21BrN2O2.